The van der Waals surface area contributed by atoms with Gasteiger partial charge in [0.25, 0.3) is 0 Å². The molecule has 7 amide bonds. The summed E-state index contributed by atoms with van der Waals surface area (Å²) < 4.78 is 0. The number of aliphatic carboxylic acids is 2. The first-order chi connectivity index (χ1) is 31.2. The van der Waals surface area contributed by atoms with Crippen LogP contribution in [-0.4, -0.2) is 158 Å². The zero-order valence-corrected chi connectivity index (χ0v) is 35.8. The summed E-state index contributed by atoms with van der Waals surface area (Å²) in [6.45, 7) is -3.54. The van der Waals surface area contributed by atoms with Gasteiger partial charge in [-0.2, -0.15) is 0 Å². The van der Waals surface area contributed by atoms with E-state index in [2.05, 4.69) is 16.0 Å². The number of Topliss-reactive ketones (excluding diaryl/α,β-unsaturated/α-hetero) is 2. The molecular formula is C41H59N9O16. The maximum atomic E-state index is 12.5. The van der Waals surface area contributed by atoms with E-state index in [1.807, 2.05) is 5.43 Å². The van der Waals surface area contributed by atoms with Crippen molar-refractivity contribution in [3.63, 3.8) is 0 Å². The van der Waals surface area contributed by atoms with Crippen molar-refractivity contribution in [3.05, 3.63) is 71.8 Å². The number of nitrogens with zero attached hydrogens (tertiary/aromatic N) is 1. The highest BCUT2D eigenvalue weighted by molar-refractivity contribution is 5.95. The molecule has 1 unspecified atom stereocenters. The largest absolute Gasteiger partial charge is 0.481 e. The Bertz CT molecular complexity index is 1810. The van der Waals surface area contributed by atoms with Gasteiger partial charge in [-0.15, -0.1) is 0 Å². The Morgan fingerprint density at radius 2 is 0.924 bits per heavy atom. The lowest BCUT2D eigenvalue weighted by atomic mass is 9.97. The Balaban J connectivity index is 0.000000660. The minimum absolute atomic E-state index is 0.194. The summed E-state index contributed by atoms with van der Waals surface area (Å²) in [6, 6.07) is 10.7. The Labute approximate surface area is 378 Å². The van der Waals surface area contributed by atoms with Crippen LogP contribution in [0.1, 0.15) is 43.2 Å². The summed E-state index contributed by atoms with van der Waals surface area (Å²) in [4.78, 5) is 119. The number of carboxylic acids is 2. The van der Waals surface area contributed by atoms with Crippen LogP contribution in [0.15, 0.2) is 60.7 Å². The quantitative estimate of drug-likeness (QED) is 0.0355. The van der Waals surface area contributed by atoms with Gasteiger partial charge in [0, 0.05) is 19.3 Å². The van der Waals surface area contributed by atoms with Crippen LogP contribution in [-0.2, 0) is 56.0 Å². The number of carboxylic acid groups (broad SMARTS) is 2. The molecule has 0 aliphatic rings. The Morgan fingerprint density at radius 1 is 0.530 bits per heavy atom. The normalized spacial score (nSPS) is 13.8. The number of primary amides is 2. The molecule has 0 radical (unpaired) electrons. The zero-order chi connectivity index (χ0) is 49.9. The molecule has 0 heterocycles. The molecule has 7 atom stereocenters. The van der Waals surface area contributed by atoms with Crippen molar-refractivity contribution in [1.82, 2.24) is 26.4 Å². The second-order valence-electron chi connectivity index (χ2n) is 14.7. The molecule has 25 nitrogen and oxygen atoms in total. The molecule has 364 valence electrons. The Kier molecular flexibility index (Phi) is 26.2. The Hall–Kier alpha value is -6.90. The highest BCUT2D eigenvalue weighted by Crippen LogP contribution is 2.11. The average Bonchev–Trinajstić information content (AvgIpc) is 3.28. The van der Waals surface area contributed by atoms with Crippen LogP contribution in [0, 0.1) is 11.8 Å². The SMILES string of the molecule is NC(=O)N(CCC(=O)O)NC(=O)[C@H](CO)CC(=O)[C@H](CO)NC(=O)C(N)Cc1ccccc1.NC(=O)[C@H](CCC(=O)O)NC(=O)[C@H](CO)CC(=O)[C@H](CO)NC(=O)[C@@H](N)Cc1ccccc1. The van der Waals surface area contributed by atoms with Crippen LogP contribution < -0.4 is 44.3 Å². The third kappa shape index (κ3) is 21.7. The first kappa shape index (κ1) is 57.1. The van der Waals surface area contributed by atoms with E-state index < -0.39 is 160 Å². The van der Waals surface area contributed by atoms with E-state index in [-0.39, 0.29) is 19.3 Å². The van der Waals surface area contributed by atoms with Crippen molar-refractivity contribution in [3.8, 4) is 0 Å². The summed E-state index contributed by atoms with van der Waals surface area (Å²) in [5.41, 5.74) is 25.6. The molecule has 25 heteroatoms. The first-order valence-corrected chi connectivity index (χ1v) is 20.3. The molecule has 0 fully saturated rings. The maximum Gasteiger partial charge on any atom is 0.333 e. The standard InChI is InChI=1S/C21H30N4O8.C20H29N5O8/c22-14(8-12-4-2-1-3-5-12)21(33)25-16(11-27)17(28)9-13(10-26)20(32)24-15(19(23)31)6-7-18(29)30;21-14(8-12-4-2-1-3-5-12)19(32)23-15(11-27)16(28)9-13(10-26)18(31)24-25(20(22)33)7-6-17(29)30/h1-5,13-16,26-27H,6-11,22H2,(H2,23,31)(H,24,32)(H,25,33)(H,29,30);1-5,13-15,26-27H,6-11,21H2,(H2,22,33)(H,23,32)(H,24,31)(H,29,30)/t13-,14-,15-,16-;13-,14?,15-/m00/s1. The van der Waals surface area contributed by atoms with Gasteiger partial charge in [-0.3, -0.25) is 48.6 Å². The predicted octanol–water partition coefficient (Wildman–Crippen LogP) is -5.08. The van der Waals surface area contributed by atoms with Crippen LogP contribution in [0.3, 0.4) is 0 Å². The van der Waals surface area contributed by atoms with Gasteiger partial charge in [-0.05, 0) is 30.4 Å². The van der Waals surface area contributed by atoms with Gasteiger partial charge in [0.2, 0.25) is 29.5 Å². The number of hydrogen-bond acceptors (Lipinski definition) is 16. The van der Waals surface area contributed by atoms with Gasteiger partial charge < -0.3 is 69.5 Å². The van der Waals surface area contributed by atoms with E-state index in [9.17, 15) is 68.4 Å². The number of carbonyl (C=O) groups excluding carboxylic acids is 8. The third-order valence-corrected chi connectivity index (χ3v) is 9.49. The second-order valence-corrected chi connectivity index (χ2v) is 14.7. The molecule has 0 bridgehead atoms. The van der Waals surface area contributed by atoms with Crippen molar-refractivity contribution >= 4 is 59.1 Å². The second kappa shape index (κ2) is 30.3. The molecule has 2 rings (SSSR count). The fourth-order valence-corrected chi connectivity index (χ4v) is 5.68. The molecule has 0 aromatic heterocycles. The van der Waals surface area contributed by atoms with Crippen molar-refractivity contribution in [2.75, 3.05) is 33.0 Å². The van der Waals surface area contributed by atoms with Crippen molar-refractivity contribution in [2.45, 2.75) is 75.2 Å². The van der Waals surface area contributed by atoms with Crippen LogP contribution in [0.25, 0.3) is 0 Å². The number of ketones is 2. The van der Waals surface area contributed by atoms with Crippen molar-refractivity contribution < 1.29 is 78.6 Å². The smallest absolute Gasteiger partial charge is 0.333 e. The van der Waals surface area contributed by atoms with Crippen molar-refractivity contribution in [2.24, 2.45) is 34.8 Å². The molecule has 0 aliphatic heterocycles. The van der Waals surface area contributed by atoms with E-state index in [0.29, 0.717) is 5.01 Å². The average molecular weight is 934 g/mol. The topological polar surface area (TPSA) is 448 Å². The lowest BCUT2D eigenvalue weighted by Gasteiger charge is -2.24. The highest BCUT2D eigenvalue weighted by atomic mass is 16.4. The fraction of sp³-hybridized carbons (Fsp3) is 0.463. The molecule has 0 saturated carbocycles. The lowest BCUT2D eigenvalue weighted by molar-refractivity contribution is -0.139. The summed E-state index contributed by atoms with van der Waals surface area (Å²) in [7, 11) is 0. The molecule has 18 N–H and O–H groups in total. The number of nitrogens with one attached hydrogen (secondary N) is 4. The summed E-state index contributed by atoms with van der Waals surface area (Å²) in [6.07, 6.45) is -1.96. The number of benzene rings is 2. The summed E-state index contributed by atoms with van der Waals surface area (Å²) in [5.74, 6) is -10.8. The van der Waals surface area contributed by atoms with E-state index in [1.54, 1.807) is 60.7 Å². The molecule has 0 aliphatic carbocycles. The highest BCUT2D eigenvalue weighted by Gasteiger charge is 2.32. The van der Waals surface area contributed by atoms with Crippen LogP contribution >= 0.6 is 0 Å². The number of urea groups is 1. The Morgan fingerprint density at radius 3 is 1.27 bits per heavy atom. The van der Waals surface area contributed by atoms with Crippen molar-refractivity contribution in [1.29, 1.82) is 0 Å². The maximum absolute atomic E-state index is 12.5. The number of amides is 7. The van der Waals surface area contributed by atoms with Gasteiger partial charge in [0.05, 0.1) is 63.3 Å². The van der Waals surface area contributed by atoms with Gasteiger partial charge in [0.1, 0.15) is 18.1 Å². The monoisotopic (exact) mass is 933 g/mol. The van der Waals surface area contributed by atoms with Gasteiger partial charge >= 0.3 is 18.0 Å². The number of hydrazine groups is 1. The van der Waals surface area contributed by atoms with E-state index >= 15 is 0 Å². The minimum atomic E-state index is -1.37. The van der Waals surface area contributed by atoms with Gasteiger partial charge in [-0.1, -0.05) is 60.7 Å². The zero-order valence-electron chi connectivity index (χ0n) is 35.8. The predicted molar refractivity (Wildman–Crippen MR) is 229 cm³/mol. The summed E-state index contributed by atoms with van der Waals surface area (Å²) >= 11 is 0. The fourth-order valence-electron chi connectivity index (χ4n) is 5.68. The number of carbonyl (C=O) groups is 10. The molecule has 2 aromatic rings. The first-order valence-electron chi connectivity index (χ1n) is 20.3. The minimum Gasteiger partial charge on any atom is -0.481 e. The molecule has 66 heavy (non-hydrogen) atoms. The lowest BCUT2D eigenvalue weighted by Crippen LogP contribution is -2.53. The van der Waals surface area contributed by atoms with Gasteiger partial charge in [-0.25, -0.2) is 9.80 Å². The molecule has 2 aromatic carbocycles. The van der Waals surface area contributed by atoms with E-state index in [1.165, 1.54) is 0 Å². The number of aliphatic hydroxyl groups is 4. The number of aliphatic hydroxyl groups excluding tert-OH is 4. The van der Waals surface area contributed by atoms with E-state index in [4.69, 9.17) is 33.1 Å². The van der Waals surface area contributed by atoms with Crippen LogP contribution in [0.4, 0.5) is 4.79 Å². The van der Waals surface area contributed by atoms with Crippen LogP contribution in [0.2, 0.25) is 0 Å². The number of nitrogens with two attached hydrogens (primary N) is 4. The molecular weight excluding hydrogens is 874 g/mol. The third-order valence-electron chi connectivity index (χ3n) is 9.49. The molecule has 0 spiro atoms. The molecule has 0 saturated heterocycles. The number of rotatable bonds is 28. The van der Waals surface area contributed by atoms with E-state index in [0.717, 1.165) is 11.1 Å². The van der Waals surface area contributed by atoms with Gasteiger partial charge in [0.15, 0.2) is 11.6 Å². The number of hydrogen-bond donors (Lipinski definition) is 14. The van der Waals surface area contributed by atoms with Crippen LogP contribution in [0.5, 0.6) is 0 Å². The summed E-state index contributed by atoms with van der Waals surface area (Å²) in [5, 5.41) is 62.9.